The minimum absolute atomic E-state index is 0.0166. The van der Waals surface area contributed by atoms with E-state index >= 15 is 0 Å². The molecule has 1 saturated carbocycles. The Balaban J connectivity index is 2.08. The van der Waals surface area contributed by atoms with Gasteiger partial charge in [0.15, 0.2) is 0 Å². The second-order valence-corrected chi connectivity index (χ2v) is 4.19. The van der Waals surface area contributed by atoms with Gasteiger partial charge in [0.05, 0.1) is 22.6 Å². The van der Waals surface area contributed by atoms with Gasteiger partial charge in [0.2, 0.25) is 0 Å². The van der Waals surface area contributed by atoms with Crippen LogP contribution in [0.15, 0.2) is 30.5 Å². The lowest BCUT2D eigenvalue weighted by Gasteiger charge is -2.07. The van der Waals surface area contributed by atoms with E-state index in [9.17, 15) is 4.79 Å². The minimum atomic E-state index is -0.0166. The summed E-state index contributed by atoms with van der Waals surface area (Å²) in [6, 6.07) is 7.75. The highest BCUT2D eigenvalue weighted by atomic mass is 16.1. The van der Waals surface area contributed by atoms with Crippen LogP contribution in [0.1, 0.15) is 30.9 Å². The summed E-state index contributed by atoms with van der Waals surface area (Å²) in [5, 5.41) is 0. The number of rotatable bonds is 1. The molecule has 1 aliphatic rings. The minimum Gasteiger partial charge on any atom is -0.299 e. The molecule has 80 valence electrons. The SMILES string of the molecule is O=C1CCCC1c1cnc2ccccc2n1. The van der Waals surface area contributed by atoms with E-state index in [1.54, 1.807) is 6.20 Å². The number of ketones is 1. The van der Waals surface area contributed by atoms with Gasteiger partial charge in [0.25, 0.3) is 0 Å². The van der Waals surface area contributed by atoms with Crippen LogP contribution in [0.5, 0.6) is 0 Å². The Hall–Kier alpha value is -1.77. The molecule has 0 radical (unpaired) electrons. The maximum Gasteiger partial charge on any atom is 0.141 e. The number of fused-ring (bicyclic) bond motifs is 1. The van der Waals surface area contributed by atoms with Crippen molar-refractivity contribution in [2.45, 2.75) is 25.2 Å². The van der Waals surface area contributed by atoms with Gasteiger partial charge in [-0.2, -0.15) is 0 Å². The highest BCUT2D eigenvalue weighted by molar-refractivity contribution is 5.87. The molecule has 3 heteroatoms. The van der Waals surface area contributed by atoms with Crippen molar-refractivity contribution in [1.82, 2.24) is 9.97 Å². The summed E-state index contributed by atoms with van der Waals surface area (Å²) in [5.74, 6) is 0.293. The van der Waals surface area contributed by atoms with Crippen LogP contribution in [-0.2, 0) is 4.79 Å². The average Bonchev–Trinajstić information content (AvgIpc) is 2.75. The van der Waals surface area contributed by atoms with E-state index < -0.39 is 0 Å². The third-order valence-electron chi connectivity index (χ3n) is 3.13. The topological polar surface area (TPSA) is 42.9 Å². The first-order valence-corrected chi connectivity index (χ1v) is 5.59. The van der Waals surface area contributed by atoms with Gasteiger partial charge in [0, 0.05) is 12.6 Å². The fraction of sp³-hybridized carbons (Fsp3) is 0.308. The van der Waals surface area contributed by atoms with Crippen molar-refractivity contribution in [2.75, 3.05) is 0 Å². The van der Waals surface area contributed by atoms with Crippen LogP contribution in [0.3, 0.4) is 0 Å². The van der Waals surface area contributed by atoms with Crippen molar-refractivity contribution in [2.24, 2.45) is 0 Å². The Labute approximate surface area is 93.5 Å². The Morgan fingerprint density at radius 3 is 2.75 bits per heavy atom. The van der Waals surface area contributed by atoms with E-state index in [2.05, 4.69) is 9.97 Å². The molecule has 1 unspecified atom stereocenters. The summed E-state index contributed by atoms with van der Waals surface area (Å²) in [7, 11) is 0. The molecule has 1 atom stereocenters. The number of hydrogen-bond donors (Lipinski definition) is 0. The largest absolute Gasteiger partial charge is 0.299 e. The quantitative estimate of drug-likeness (QED) is 0.729. The van der Waals surface area contributed by atoms with Crippen LogP contribution in [0.2, 0.25) is 0 Å². The van der Waals surface area contributed by atoms with E-state index in [1.807, 2.05) is 24.3 Å². The zero-order chi connectivity index (χ0) is 11.0. The molecule has 0 spiro atoms. The fourth-order valence-corrected chi connectivity index (χ4v) is 2.27. The molecule has 0 amide bonds. The molecular formula is C13H12N2O. The van der Waals surface area contributed by atoms with Crippen LogP contribution in [0.25, 0.3) is 11.0 Å². The lowest BCUT2D eigenvalue weighted by atomic mass is 10.0. The predicted molar refractivity (Wildman–Crippen MR) is 61.1 cm³/mol. The number of nitrogens with zero attached hydrogens (tertiary/aromatic N) is 2. The predicted octanol–water partition coefficient (Wildman–Crippen LogP) is 2.47. The molecule has 2 aromatic rings. The van der Waals surface area contributed by atoms with Crippen LogP contribution >= 0.6 is 0 Å². The van der Waals surface area contributed by atoms with Crippen molar-refractivity contribution in [3.05, 3.63) is 36.2 Å². The van der Waals surface area contributed by atoms with Crippen LogP contribution in [0.4, 0.5) is 0 Å². The number of para-hydroxylation sites is 2. The van der Waals surface area contributed by atoms with Crippen molar-refractivity contribution >= 4 is 16.8 Å². The summed E-state index contributed by atoms with van der Waals surface area (Å²) < 4.78 is 0. The van der Waals surface area contributed by atoms with E-state index in [1.165, 1.54) is 0 Å². The van der Waals surface area contributed by atoms with Crippen molar-refractivity contribution in [3.63, 3.8) is 0 Å². The molecule has 1 heterocycles. The van der Waals surface area contributed by atoms with Gasteiger partial charge in [-0.3, -0.25) is 9.78 Å². The standard InChI is InChI=1S/C13H12N2O/c16-13-7-3-4-9(13)12-8-14-10-5-1-2-6-11(10)15-12/h1-2,5-6,8-9H,3-4,7H2. The van der Waals surface area contributed by atoms with Gasteiger partial charge in [-0.05, 0) is 25.0 Å². The van der Waals surface area contributed by atoms with Crippen LogP contribution in [0, 0.1) is 0 Å². The normalized spacial score (nSPS) is 20.5. The monoisotopic (exact) mass is 212 g/mol. The number of carbonyl (C=O) groups is 1. The van der Waals surface area contributed by atoms with Gasteiger partial charge in [-0.25, -0.2) is 4.98 Å². The van der Waals surface area contributed by atoms with Gasteiger partial charge in [-0.15, -0.1) is 0 Å². The first kappa shape index (κ1) is 9.46. The van der Waals surface area contributed by atoms with E-state index in [-0.39, 0.29) is 5.92 Å². The zero-order valence-electron chi connectivity index (χ0n) is 8.89. The summed E-state index contributed by atoms with van der Waals surface area (Å²) in [6.45, 7) is 0. The van der Waals surface area contributed by atoms with Crippen molar-refractivity contribution < 1.29 is 4.79 Å². The second kappa shape index (κ2) is 3.67. The molecule has 16 heavy (non-hydrogen) atoms. The maximum atomic E-state index is 11.6. The van der Waals surface area contributed by atoms with Gasteiger partial charge in [-0.1, -0.05) is 12.1 Å². The molecule has 1 fully saturated rings. The molecular weight excluding hydrogens is 200 g/mol. The molecule has 0 N–H and O–H groups in total. The van der Waals surface area contributed by atoms with Crippen LogP contribution < -0.4 is 0 Å². The molecule has 0 bridgehead atoms. The Kier molecular flexibility index (Phi) is 2.17. The first-order valence-electron chi connectivity index (χ1n) is 5.59. The summed E-state index contributed by atoms with van der Waals surface area (Å²) in [6.07, 6.45) is 4.35. The summed E-state index contributed by atoms with van der Waals surface area (Å²) in [4.78, 5) is 20.5. The number of carbonyl (C=O) groups excluding carboxylic acids is 1. The molecule has 3 rings (SSSR count). The number of aromatic nitrogens is 2. The third-order valence-corrected chi connectivity index (χ3v) is 3.13. The smallest absolute Gasteiger partial charge is 0.141 e. The average molecular weight is 212 g/mol. The molecule has 3 nitrogen and oxygen atoms in total. The highest BCUT2D eigenvalue weighted by Crippen LogP contribution is 2.30. The Morgan fingerprint density at radius 1 is 1.19 bits per heavy atom. The molecule has 0 aliphatic heterocycles. The van der Waals surface area contributed by atoms with Crippen molar-refractivity contribution in [1.29, 1.82) is 0 Å². The highest BCUT2D eigenvalue weighted by Gasteiger charge is 2.27. The lowest BCUT2D eigenvalue weighted by Crippen LogP contribution is -2.07. The van der Waals surface area contributed by atoms with Gasteiger partial charge >= 0.3 is 0 Å². The second-order valence-electron chi connectivity index (χ2n) is 4.19. The zero-order valence-corrected chi connectivity index (χ0v) is 8.89. The van der Waals surface area contributed by atoms with Crippen LogP contribution in [-0.4, -0.2) is 15.8 Å². The van der Waals surface area contributed by atoms with Crippen molar-refractivity contribution in [3.8, 4) is 0 Å². The molecule has 1 aromatic heterocycles. The fourth-order valence-electron chi connectivity index (χ4n) is 2.27. The molecule has 0 saturated heterocycles. The van der Waals surface area contributed by atoms with E-state index in [4.69, 9.17) is 0 Å². The first-order chi connectivity index (χ1) is 7.84. The lowest BCUT2D eigenvalue weighted by molar-refractivity contribution is -0.118. The summed E-state index contributed by atoms with van der Waals surface area (Å²) in [5.41, 5.74) is 2.59. The number of Topliss-reactive ketones (excluding diaryl/α,β-unsaturated/α-hetero) is 1. The maximum absolute atomic E-state index is 11.6. The van der Waals surface area contributed by atoms with Gasteiger partial charge in [0.1, 0.15) is 5.78 Å². The Bertz CT molecular complexity index is 550. The molecule has 1 aliphatic carbocycles. The molecule has 1 aromatic carbocycles. The van der Waals surface area contributed by atoms with E-state index in [0.717, 1.165) is 29.6 Å². The number of benzene rings is 1. The third kappa shape index (κ3) is 1.48. The van der Waals surface area contributed by atoms with E-state index in [0.29, 0.717) is 12.2 Å². The summed E-state index contributed by atoms with van der Waals surface area (Å²) >= 11 is 0. The Morgan fingerprint density at radius 2 is 2.00 bits per heavy atom. The van der Waals surface area contributed by atoms with Gasteiger partial charge < -0.3 is 0 Å². The number of hydrogen-bond acceptors (Lipinski definition) is 3.